The lowest BCUT2D eigenvalue weighted by Crippen LogP contribution is -2.15. The smallest absolute Gasteiger partial charge is 0.453 e. The number of hydrogen-bond donors (Lipinski definition) is 0. The van der Waals surface area contributed by atoms with E-state index in [0.717, 1.165) is 22.4 Å². The Morgan fingerprint density at radius 2 is 1.54 bits per heavy atom. The Morgan fingerprint density at radius 1 is 0.846 bits per heavy atom. The van der Waals surface area contributed by atoms with Crippen LogP contribution in [0.1, 0.15) is 11.3 Å². The number of halogens is 3. The third-order valence-corrected chi connectivity index (χ3v) is 5.80. The van der Waals surface area contributed by atoms with Crippen molar-refractivity contribution in [3.63, 3.8) is 0 Å². The van der Waals surface area contributed by atoms with Crippen molar-refractivity contribution in [2.45, 2.75) is 6.18 Å². The minimum absolute atomic E-state index is 0.0171. The summed E-state index contributed by atoms with van der Waals surface area (Å²) in [5.41, 5.74) is -0.667. The number of fused-ring (bicyclic) bond motifs is 2. The number of benzene rings is 4. The Labute approximate surface area is 219 Å². The first-order valence-electron chi connectivity index (χ1n) is 11.6. The molecule has 0 unspecified atom stereocenters. The van der Waals surface area contributed by atoms with Crippen molar-refractivity contribution in [2.24, 2.45) is 0 Å². The van der Waals surface area contributed by atoms with Crippen LogP contribution in [0.3, 0.4) is 0 Å². The van der Waals surface area contributed by atoms with Gasteiger partial charge < -0.3 is 18.6 Å². The average molecular weight is 532 g/mol. The molecule has 0 spiro atoms. The molecule has 0 aliphatic heterocycles. The van der Waals surface area contributed by atoms with E-state index >= 15 is 0 Å². The van der Waals surface area contributed by atoms with Gasteiger partial charge in [-0.1, -0.05) is 42.5 Å². The summed E-state index contributed by atoms with van der Waals surface area (Å²) in [4.78, 5) is 25.4. The zero-order valence-electron chi connectivity index (χ0n) is 20.3. The van der Waals surface area contributed by atoms with Gasteiger partial charge in [-0.15, -0.1) is 0 Å². The zero-order valence-corrected chi connectivity index (χ0v) is 20.3. The molecule has 39 heavy (non-hydrogen) atoms. The maximum absolute atomic E-state index is 13.8. The third-order valence-electron chi connectivity index (χ3n) is 5.80. The van der Waals surface area contributed by atoms with Crippen molar-refractivity contribution < 1.29 is 36.6 Å². The molecule has 0 fully saturated rings. The second kappa shape index (κ2) is 10.4. The highest BCUT2D eigenvalue weighted by molar-refractivity contribution is 5.95. The van der Waals surface area contributed by atoms with Gasteiger partial charge in [0.05, 0.1) is 12.5 Å². The SMILES string of the molecule is COc1ccc(Oc2c(C(F)(F)F)oc3cc(OC(=O)/C=C/c4cccc5ccccc45)ccc3c2=O)cc1. The molecular formula is C30H19F3O6. The Hall–Kier alpha value is -5.05. The lowest BCUT2D eigenvalue weighted by molar-refractivity contribution is -0.154. The fourth-order valence-corrected chi connectivity index (χ4v) is 3.96. The molecule has 196 valence electrons. The van der Waals surface area contributed by atoms with E-state index in [9.17, 15) is 22.8 Å². The standard InChI is InChI=1S/C30H19F3O6/c1-36-20-10-12-21(13-11-20)38-28-27(35)24-15-14-22(17-25(24)39-29(28)30(31,32)33)37-26(34)16-9-19-7-4-6-18-5-2-3-8-23(18)19/h2-17H,1H3/b16-9+. The number of carbonyl (C=O) groups excluding carboxylic acids is 1. The van der Waals surface area contributed by atoms with E-state index in [1.54, 1.807) is 6.08 Å². The molecular weight excluding hydrogens is 513 g/mol. The number of ether oxygens (including phenoxy) is 3. The van der Waals surface area contributed by atoms with E-state index in [-0.39, 0.29) is 16.9 Å². The van der Waals surface area contributed by atoms with Gasteiger partial charge in [0, 0.05) is 12.1 Å². The number of alkyl halides is 3. The van der Waals surface area contributed by atoms with Gasteiger partial charge in [0.1, 0.15) is 22.8 Å². The van der Waals surface area contributed by atoms with E-state index in [2.05, 4.69) is 0 Å². The second-order valence-corrected chi connectivity index (χ2v) is 8.35. The monoisotopic (exact) mass is 532 g/mol. The van der Waals surface area contributed by atoms with Gasteiger partial charge in [0.15, 0.2) is 0 Å². The highest BCUT2D eigenvalue weighted by Gasteiger charge is 2.40. The highest BCUT2D eigenvalue weighted by atomic mass is 19.4. The molecule has 0 amide bonds. The van der Waals surface area contributed by atoms with E-state index in [1.807, 2.05) is 42.5 Å². The van der Waals surface area contributed by atoms with Crippen molar-refractivity contribution in [1.29, 1.82) is 0 Å². The quantitative estimate of drug-likeness (QED) is 0.129. The van der Waals surface area contributed by atoms with Crippen LogP contribution in [0, 0.1) is 0 Å². The zero-order chi connectivity index (χ0) is 27.6. The largest absolute Gasteiger partial charge is 0.497 e. The summed E-state index contributed by atoms with van der Waals surface area (Å²) in [6.45, 7) is 0. The van der Waals surface area contributed by atoms with E-state index in [4.69, 9.17) is 18.6 Å². The first-order chi connectivity index (χ1) is 18.7. The van der Waals surface area contributed by atoms with Crippen LogP contribution in [0.25, 0.3) is 27.8 Å². The van der Waals surface area contributed by atoms with E-state index in [0.29, 0.717) is 5.75 Å². The fraction of sp³-hybridized carbons (Fsp3) is 0.0667. The molecule has 1 aromatic heterocycles. The van der Waals surface area contributed by atoms with Crippen LogP contribution in [-0.4, -0.2) is 13.1 Å². The van der Waals surface area contributed by atoms with Gasteiger partial charge in [-0.05, 0) is 58.8 Å². The van der Waals surface area contributed by atoms with Crippen LogP contribution in [0.15, 0.2) is 100 Å². The van der Waals surface area contributed by atoms with Crippen LogP contribution in [-0.2, 0) is 11.0 Å². The average Bonchev–Trinajstić information content (AvgIpc) is 2.93. The maximum atomic E-state index is 13.8. The van der Waals surface area contributed by atoms with Gasteiger partial charge >= 0.3 is 12.1 Å². The Balaban J connectivity index is 1.44. The van der Waals surface area contributed by atoms with Gasteiger partial charge in [-0.3, -0.25) is 4.79 Å². The molecule has 0 saturated carbocycles. The van der Waals surface area contributed by atoms with Crippen LogP contribution < -0.4 is 19.6 Å². The molecule has 0 radical (unpaired) electrons. The van der Waals surface area contributed by atoms with Crippen molar-refractivity contribution in [3.8, 4) is 23.0 Å². The van der Waals surface area contributed by atoms with Gasteiger partial charge in [0.25, 0.3) is 5.76 Å². The Bertz CT molecular complexity index is 1760. The molecule has 0 aliphatic carbocycles. The Kier molecular flexibility index (Phi) is 6.81. The molecule has 4 aromatic carbocycles. The first-order valence-corrected chi connectivity index (χ1v) is 11.6. The Morgan fingerprint density at radius 3 is 2.28 bits per heavy atom. The predicted molar refractivity (Wildman–Crippen MR) is 139 cm³/mol. The highest BCUT2D eigenvalue weighted by Crippen LogP contribution is 2.39. The van der Waals surface area contributed by atoms with E-state index in [1.165, 1.54) is 49.6 Å². The minimum Gasteiger partial charge on any atom is -0.497 e. The molecule has 0 N–H and O–H groups in total. The van der Waals surface area contributed by atoms with Crippen LogP contribution in [0.4, 0.5) is 13.2 Å². The molecule has 6 nitrogen and oxygen atoms in total. The van der Waals surface area contributed by atoms with E-state index < -0.39 is 34.7 Å². The van der Waals surface area contributed by atoms with Crippen molar-refractivity contribution >= 4 is 33.8 Å². The summed E-state index contributed by atoms with van der Waals surface area (Å²) < 4.78 is 62.1. The normalized spacial score (nSPS) is 11.7. The number of methoxy groups -OCH3 is 1. The molecule has 0 bridgehead atoms. The summed E-state index contributed by atoms with van der Waals surface area (Å²) in [7, 11) is 1.43. The molecule has 5 aromatic rings. The van der Waals surface area contributed by atoms with Gasteiger partial charge in [0.2, 0.25) is 11.2 Å². The molecule has 5 rings (SSSR count). The molecule has 1 heterocycles. The number of esters is 1. The van der Waals surface area contributed by atoms with Crippen molar-refractivity contribution in [2.75, 3.05) is 7.11 Å². The van der Waals surface area contributed by atoms with Crippen molar-refractivity contribution in [1.82, 2.24) is 0 Å². The van der Waals surface area contributed by atoms with Crippen LogP contribution in [0.2, 0.25) is 0 Å². The lowest BCUT2D eigenvalue weighted by atomic mass is 10.0. The maximum Gasteiger partial charge on any atom is 0.453 e. The lowest BCUT2D eigenvalue weighted by Gasteiger charge is -2.13. The summed E-state index contributed by atoms with van der Waals surface area (Å²) >= 11 is 0. The summed E-state index contributed by atoms with van der Waals surface area (Å²) in [6, 6.07) is 22.5. The second-order valence-electron chi connectivity index (χ2n) is 8.35. The summed E-state index contributed by atoms with van der Waals surface area (Å²) in [6.07, 6.45) is -2.26. The van der Waals surface area contributed by atoms with Gasteiger partial charge in [-0.25, -0.2) is 4.79 Å². The predicted octanol–water partition coefficient (Wildman–Crippen LogP) is 7.38. The van der Waals surface area contributed by atoms with Crippen molar-refractivity contribution in [3.05, 3.63) is 113 Å². The van der Waals surface area contributed by atoms with Gasteiger partial charge in [-0.2, -0.15) is 13.2 Å². The summed E-state index contributed by atoms with van der Waals surface area (Å²) in [5, 5.41) is 1.75. The topological polar surface area (TPSA) is 75.0 Å². The summed E-state index contributed by atoms with van der Waals surface area (Å²) in [5.74, 6) is -3.05. The fourth-order valence-electron chi connectivity index (χ4n) is 3.96. The number of hydrogen-bond acceptors (Lipinski definition) is 6. The number of rotatable bonds is 6. The molecule has 9 heteroatoms. The number of carbonyl (C=O) groups is 1. The molecule has 0 atom stereocenters. The molecule has 0 aliphatic rings. The van der Waals surface area contributed by atoms with Crippen LogP contribution in [0.5, 0.6) is 23.0 Å². The first kappa shape index (κ1) is 25.6. The van der Waals surface area contributed by atoms with Crippen LogP contribution >= 0.6 is 0 Å². The third kappa shape index (κ3) is 5.47. The minimum atomic E-state index is -5.04. The molecule has 0 saturated heterocycles.